The Morgan fingerprint density at radius 2 is 2.12 bits per heavy atom. The lowest BCUT2D eigenvalue weighted by molar-refractivity contribution is 0.568. The van der Waals surface area contributed by atoms with Gasteiger partial charge < -0.3 is 5.32 Å². The van der Waals surface area contributed by atoms with Gasteiger partial charge in [-0.25, -0.2) is 0 Å². The van der Waals surface area contributed by atoms with E-state index in [4.69, 9.17) is 0 Å². The third-order valence-electron chi connectivity index (χ3n) is 2.43. The fraction of sp³-hybridized carbons (Fsp3) is 0.429. The van der Waals surface area contributed by atoms with E-state index in [1.54, 1.807) is 0 Å². The smallest absolute Gasteiger partial charge is 0.0175 e. The number of halogens is 1. The molecular weight excluding hydrogens is 294 g/mol. The van der Waals surface area contributed by atoms with Crippen LogP contribution in [0.2, 0.25) is 0 Å². The second kappa shape index (κ2) is 8.78. The molecule has 0 amide bonds. The van der Waals surface area contributed by atoms with Crippen molar-refractivity contribution in [3.63, 3.8) is 0 Å². The highest BCUT2D eigenvalue weighted by Gasteiger charge is 2.02. The van der Waals surface area contributed by atoms with Crippen LogP contribution in [0.4, 0.5) is 0 Å². The van der Waals surface area contributed by atoms with E-state index in [1.165, 1.54) is 5.56 Å². The van der Waals surface area contributed by atoms with E-state index in [0.717, 1.165) is 28.9 Å². The van der Waals surface area contributed by atoms with Crippen molar-refractivity contribution in [3.05, 3.63) is 47.0 Å². The molecule has 1 atom stereocenters. The third-order valence-corrected chi connectivity index (χ3v) is 3.92. The van der Waals surface area contributed by atoms with Crippen molar-refractivity contribution in [2.75, 3.05) is 18.1 Å². The average Bonchev–Trinajstić information content (AvgIpc) is 2.32. The summed E-state index contributed by atoms with van der Waals surface area (Å²) in [4.78, 5) is 0. The number of hydrogen-bond acceptors (Lipinski definition) is 2. The molecule has 3 heteroatoms. The van der Waals surface area contributed by atoms with E-state index < -0.39 is 0 Å². The van der Waals surface area contributed by atoms with Gasteiger partial charge in [0.1, 0.15) is 0 Å². The Hall–Kier alpha value is -0.250. The lowest BCUT2D eigenvalue weighted by Gasteiger charge is -2.13. The van der Waals surface area contributed by atoms with E-state index in [2.05, 4.69) is 59.0 Å². The first-order valence-electron chi connectivity index (χ1n) is 5.89. The van der Waals surface area contributed by atoms with Gasteiger partial charge in [0.15, 0.2) is 0 Å². The Morgan fingerprint density at radius 3 is 2.76 bits per heavy atom. The van der Waals surface area contributed by atoms with Crippen molar-refractivity contribution >= 4 is 27.7 Å². The molecule has 0 saturated heterocycles. The van der Waals surface area contributed by atoms with E-state index in [9.17, 15) is 0 Å². The highest BCUT2D eigenvalue weighted by molar-refractivity contribution is 9.10. The van der Waals surface area contributed by atoms with Gasteiger partial charge in [0, 0.05) is 28.6 Å². The Balaban J connectivity index is 2.18. The Kier molecular flexibility index (Phi) is 7.65. The second-order valence-corrected chi connectivity index (χ2v) is 6.11. The van der Waals surface area contributed by atoms with Crippen LogP contribution < -0.4 is 5.32 Å². The van der Waals surface area contributed by atoms with Gasteiger partial charge in [-0.05, 0) is 31.0 Å². The summed E-state index contributed by atoms with van der Waals surface area (Å²) in [5.74, 6) is 2.19. The monoisotopic (exact) mass is 313 g/mol. The molecule has 17 heavy (non-hydrogen) atoms. The van der Waals surface area contributed by atoms with Crippen molar-refractivity contribution < 1.29 is 0 Å². The normalized spacial score (nSPS) is 12.4. The molecular formula is C14H20BrNS. The quantitative estimate of drug-likeness (QED) is 0.577. The minimum Gasteiger partial charge on any atom is -0.313 e. The molecule has 94 valence electrons. The molecule has 0 saturated carbocycles. The third kappa shape index (κ3) is 6.92. The summed E-state index contributed by atoms with van der Waals surface area (Å²) < 4.78 is 1.14. The molecule has 1 rings (SSSR count). The van der Waals surface area contributed by atoms with E-state index in [0.29, 0.717) is 6.04 Å². The predicted octanol–water partition coefficient (Wildman–Crippen LogP) is 3.89. The summed E-state index contributed by atoms with van der Waals surface area (Å²) >= 11 is 5.37. The van der Waals surface area contributed by atoms with Crippen LogP contribution in [0.5, 0.6) is 0 Å². The molecule has 0 fully saturated rings. The van der Waals surface area contributed by atoms with Crippen molar-refractivity contribution in [1.29, 1.82) is 0 Å². The maximum absolute atomic E-state index is 3.71. The van der Waals surface area contributed by atoms with Crippen LogP contribution in [-0.4, -0.2) is 24.1 Å². The standard InChI is InChI=1S/C14H20BrNS/c1-3-9-17-10-8-16-12(2)11-13-4-6-14(15)7-5-13/h3-7,12,16H,1,8-11H2,2H3. The molecule has 0 bridgehead atoms. The maximum Gasteiger partial charge on any atom is 0.0175 e. The average molecular weight is 314 g/mol. The minimum absolute atomic E-state index is 0.528. The summed E-state index contributed by atoms with van der Waals surface area (Å²) in [6, 6.07) is 9.08. The second-order valence-electron chi connectivity index (χ2n) is 4.05. The predicted molar refractivity (Wildman–Crippen MR) is 82.8 cm³/mol. The van der Waals surface area contributed by atoms with E-state index >= 15 is 0 Å². The van der Waals surface area contributed by atoms with E-state index in [-0.39, 0.29) is 0 Å². The molecule has 0 spiro atoms. The van der Waals surface area contributed by atoms with Gasteiger partial charge in [0.05, 0.1) is 0 Å². The fourth-order valence-corrected chi connectivity index (χ4v) is 2.45. The molecule has 0 aromatic heterocycles. The highest BCUT2D eigenvalue weighted by atomic mass is 79.9. The molecule has 1 N–H and O–H groups in total. The molecule has 0 radical (unpaired) electrons. The van der Waals surface area contributed by atoms with Crippen LogP contribution in [0.15, 0.2) is 41.4 Å². The summed E-state index contributed by atoms with van der Waals surface area (Å²) in [6.45, 7) is 7.01. The molecule has 1 unspecified atom stereocenters. The molecule has 1 nitrogen and oxygen atoms in total. The Morgan fingerprint density at radius 1 is 1.41 bits per heavy atom. The lowest BCUT2D eigenvalue weighted by Crippen LogP contribution is -2.30. The van der Waals surface area contributed by atoms with Crippen molar-refractivity contribution in [1.82, 2.24) is 5.32 Å². The van der Waals surface area contributed by atoms with Crippen LogP contribution in [-0.2, 0) is 6.42 Å². The highest BCUT2D eigenvalue weighted by Crippen LogP contribution is 2.11. The molecule has 0 aliphatic heterocycles. The Labute approximate surface area is 117 Å². The van der Waals surface area contributed by atoms with Crippen molar-refractivity contribution in [2.24, 2.45) is 0 Å². The van der Waals surface area contributed by atoms with Crippen LogP contribution in [0.3, 0.4) is 0 Å². The SMILES string of the molecule is C=CCSCCNC(C)Cc1ccc(Br)cc1. The molecule has 1 aromatic rings. The first kappa shape index (κ1) is 14.8. The first-order chi connectivity index (χ1) is 8.22. The zero-order valence-corrected chi connectivity index (χ0v) is 12.7. The number of benzene rings is 1. The number of hydrogen-bond donors (Lipinski definition) is 1. The lowest BCUT2D eigenvalue weighted by atomic mass is 10.1. The van der Waals surface area contributed by atoms with Gasteiger partial charge in [-0.2, -0.15) is 11.8 Å². The first-order valence-corrected chi connectivity index (χ1v) is 7.83. The van der Waals surface area contributed by atoms with Crippen LogP contribution >= 0.6 is 27.7 Å². The summed E-state index contributed by atoms with van der Waals surface area (Å²) in [6.07, 6.45) is 3.04. The van der Waals surface area contributed by atoms with Gasteiger partial charge in [0.2, 0.25) is 0 Å². The van der Waals surface area contributed by atoms with Gasteiger partial charge in [-0.3, -0.25) is 0 Å². The van der Waals surface area contributed by atoms with Gasteiger partial charge >= 0.3 is 0 Å². The molecule has 0 heterocycles. The maximum atomic E-state index is 3.71. The molecule has 1 aromatic carbocycles. The van der Waals surface area contributed by atoms with Gasteiger partial charge in [-0.15, -0.1) is 6.58 Å². The van der Waals surface area contributed by atoms with Crippen LogP contribution in [0.25, 0.3) is 0 Å². The van der Waals surface area contributed by atoms with Crippen molar-refractivity contribution in [3.8, 4) is 0 Å². The largest absolute Gasteiger partial charge is 0.313 e. The molecule has 0 aliphatic rings. The summed E-state index contributed by atoms with van der Waals surface area (Å²) in [5.41, 5.74) is 1.38. The van der Waals surface area contributed by atoms with Crippen LogP contribution in [0, 0.1) is 0 Å². The van der Waals surface area contributed by atoms with Crippen molar-refractivity contribution in [2.45, 2.75) is 19.4 Å². The Bertz CT molecular complexity index is 323. The van der Waals surface area contributed by atoms with Crippen LogP contribution in [0.1, 0.15) is 12.5 Å². The summed E-state index contributed by atoms with van der Waals surface area (Å²) in [7, 11) is 0. The zero-order chi connectivity index (χ0) is 12.5. The fourth-order valence-electron chi connectivity index (χ4n) is 1.59. The van der Waals surface area contributed by atoms with Gasteiger partial charge in [-0.1, -0.05) is 34.1 Å². The zero-order valence-electron chi connectivity index (χ0n) is 10.3. The number of nitrogens with one attached hydrogen (secondary N) is 1. The molecule has 0 aliphatic carbocycles. The summed E-state index contributed by atoms with van der Waals surface area (Å²) in [5, 5.41) is 3.54. The van der Waals surface area contributed by atoms with Gasteiger partial charge in [0.25, 0.3) is 0 Å². The number of rotatable bonds is 8. The topological polar surface area (TPSA) is 12.0 Å². The van der Waals surface area contributed by atoms with E-state index in [1.807, 2.05) is 17.8 Å². The minimum atomic E-state index is 0.528. The number of thioether (sulfide) groups is 1.